The SMILES string of the molecule is O=C(Nc1ccc(N2CCCC2=O)cc1)[C@@H]1CC(=O)N(c2ccc3c(c2)OCCO3)C1. The minimum atomic E-state index is -0.444. The Hall–Kier alpha value is -3.55. The number of hydrogen-bond acceptors (Lipinski definition) is 5. The predicted octanol–water partition coefficient (Wildman–Crippen LogP) is 2.58. The molecule has 0 spiro atoms. The van der Waals surface area contributed by atoms with Gasteiger partial charge in [-0.3, -0.25) is 14.4 Å². The van der Waals surface area contributed by atoms with Crippen LogP contribution < -0.4 is 24.6 Å². The average Bonchev–Trinajstić information content (AvgIpc) is 3.39. The van der Waals surface area contributed by atoms with Gasteiger partial charge < -0.3 is 24.6 Å². The Morgan fingerprint density at radius 1 is 0.903 bits per heavy atom. The minimum Gasteiger partial charge on any atom is -0.486 e. The smallest absolute Gasteiger partial charge is 0.229 e. The second kappa shape index (κ2) is 7.94. The van der Waals surface area contributed by atoms with E-state index in [-0.39, 0.29) is 24.1 Å². The molecule has 0 aromatic heterocycles. The molecular weight excluding hydrogens is 398 g/mol. The summed E-state index contributed by atoms with van der Waals surface area (Å²) in [6.07, 6.45) is 1.60. The maximum Gasteiger partial charge on any atom is 0.229 e. The number of hydrogen-bond donors (Lipinski definition) is 1. The Morgan fingerprint density at radius 3 is 2.39 bits per heavy atom. The first-order valence-corrected chi connectivity index (χ1v) is 10.5. The molecule has 8 heteroatoms. The predicted molar refractivity (Wildman–Crippen MR) is 115 cm³/mol. The number of rotatable bonds is 4. The van der Waals surface area contributed by atoms with E-state index >= 15 is 0 Å². The lowest BCUT2D eigenvalue weighted by molar-refractivity contribution is -0.122. The number of nitrogens with one attached hydrogen (secondary N) is 1. The van der Waals surface area contributed by atoms with Crippen molar-refractivity contribution in [1.29, 1.82) is 0 Å². The fourth-order valence-electron chi connectivity index (χ4n) is 4.22. The summed E-state index contributed by atoms with van der Waals surface area (Å²) in [7, 11) is 0. The van der Waals surface area contributed by atoms with Gasteiger partial charge in [-0.15, -0.1) is 0 Å². The van der Waals surface area contributed by atoms with E-state index in [1.807, 2.05) is 18.2 Å². The van der Waals surface area contributed by atoms with Crippen LogP contribution in [0.3, 0.4) is 0 Å². The van der Waals surface area contributed by atoms with Crippen LogP contribution in [0.5, 0.6) is 11.5 Å². The second-order valence-electron chi connectivity index (χ2n) is 7.92. The summed E-state index contributed by atoms with van der Waals surface area (Å²) < 4.78 is 11.1. The molecule has 8 nitrogen and oxygen atoms in total. The molecule has 2 aromatic carbocycles. The third-order valence-electron chi connectivity index (χ3n) is 5.85. The van der Waals surface area contributed by atoms with Crippen LogP contribution in [0.2, 0.25) is 0 Å². The van der Waals surface area contributed by atoms with Gasteiger partial charge in [0.15, 0.2) is 11.5 Å². The highest BCUT2D eigenvalue weighted by Crippen LogP contribution is 2.36. The second-order valence-corrected chi connectivity index (χ2v) is 7.92. The van der Waals surface area contributed by atoms with Crippen molar-refractivity contribution in [1.82, 2.24) is 0 Å². The third kappa shape index (κ3) is 3.81. The van der Waals surface area contributed by atoms with Gasteiger partial charge in [0.2, 0.25) is 17.7 Å². The fourth-order valence-corrected chi connectivity index (χ4v) is 4.22. The lowest BCUT2D eigenvalue weighted by Gasteiger charge is -2.22. The van der Waals surface area contributed by atoms with E-state index in [0.29, 0.717) is 49.1 Å². The summed E-state index contributed by atoms with van der Waals surface area (Å²) in [5, 5.41) is 2.89. The molecule has 0 aliphatic carbocycles. The van der Waals surface area contributed by atoms with Crippen LogP contribution in [0, 0.1) is 5.92 Å². The molecule has 160 valence electrons. The third-order valence-corrected chi connectivity index (χ3v) is 5.85. The minimum absolute atomic E-state index is 0.0975. The van der Waals surface area contributed by atoms with E-state index in [9.17, 15) is 14.4 Å². The van der Waals surface area contributed by atoms with Crippen molar-refractivity contribution in [2.75, 3.05) is 41.4 Å². The van der Waals surface area contributed by atoms with Gasteiger partial charge in [0.05, 0.1) is 5.92 Å². The quantitative estimate of drug-likeness (QED) is 0.820. The molecule has 1 atom stereocenters. The van der Waals surface area contributed by atoms with Gasteiger partial charge in [-0.1, -0.05) is 0 Å². The zero-order valence-electron chi connectivity index (χ0n) is 17.0. The zero-order valence-corrected chi connectivity index (χ0v) is 17.0. The van der Waals surface area contributed by atoms with Crippen LogP contribution in [-0.2, 0) is 14.4 Å². The molecule has 0 saturated carbocycles. The summed E-state index contributed by atoms with van der Waals surface area (Å²) in [5.41, 5.74) is 2.18. The number of fused-ring (bicyclic) bond motifs is 1. The Morgan fingerprint density at radius 2 is 1.65 bits per heavy atom. The van der Waals surface area contributed by atoms with Crippen LogP contribution in [0.25, 0.3) is 0 Å². The zero-order chi connectivity index (χ0) is 21.4. The van der Waals surface area contributed by atoms with Crippen LogP contribution >= 0.6 is 0 Å². The average molecular weight is 421 g/mol. The molecule has 3 aliphatic rings. The first-order valence-electron chi connectivity index (χ1n) is 10.5. The first kappa shape index (κ1) is 19.4. The van der Waals surface area contributed by atoms with E-state index in [4.69, 9.17) is 9.47 Å². The fraction of sp³-hybridized carbons (Fsp3) is 0.348. The van der Waals surface area contributed by atoms with Crippen molar-refractivity contribution >= 4 is 34.8 Å². The Balaban J connectivity index is 1.23. The van der Waals surface area contributed by atoms with Crippen molar-refractivity contribution in [2.45, 2.75) is 19.3 Å². The molecular formula is C23H23N3O5. The van der Waals surface area contributed by atoms with E-state index in [2.05, 4.69) is 5.32 Å². The molecule has 2 saturated heterocycles. The molecule has 3 amide bonds. The van der Waals surface area contributed by atoms with Gasteiger partial charge in [0.1, 0.15) is 13.2 Å². The summed E-state index contributed by atoms with van der Waals surface area (Å²) in [6.45, 7) is 2.02. The maximum atomic E-state index is 12.8. The number of nitrogens with zero attached hydrogens (tertiary/aromatic N) is 2. The van der Waals surface area contributed by atoms with Crippen molar-refractivity contribution in [2.24, 2.45) is 5.92 Å². The van der Waals surface area contributed by atoms with Crippen LogP contribution in [0.4, 0.5) is 17.1 Å². The Bertz CT molecular complexity index is 1040. The lowest BCUT2D eigenvalue weighted by atomic mass is 10.1. The van der Waals surface area contributed by atoms with Crippen LogP contribution in [-0.4, -0.2) is 44.0 Å². The molecule has 2 fully saturated rings. The Labute approximate surface area is 179 Å². The van der Waals surface area contributed by atoms with E-state index in [1.165, 1.54) is 0 Å². The maximum absolute atomic E-state index is 12.8. The van der Waals surface area contributed by atoms with Gasteiger partial charge in [-0.05, 0) is 42.8 Å². The lowest BCUT2D eigenvalue weighted by Crippen LogP contribution is -2.28. The van der Waals surface area contributed by atoms with Crippen molar-refractivity contribution in [3.63, 3.8) is 0 Å². The van der Waals surface area contributed by atoms with Crippen molar-refractivity contribution < 1.29 is 23.9 Å². The molecule has 1 N–H and O–H groups in total. The standard InChI is InChI=1S/C23H23N3O5/c27-21-2-1-9-25(21)17-5-3-16(4-6-17)24-23(29)15-12-22(28)26(14-15)18-7-8-19-20(13-18)31-11-10-30-19/h3-8,13,15H,1-2,9-12,14H2,(H,24,29)/t15-/m1/s1. The highest BCUT2D eigenvalue weighted by molar-refractivity contribution is 6.04. The summed E-state index contributed by atoms with van der Waals surface area (Å²) in [4.78, 5) is 40.6. The van der Waals surface area contributed by atoms with E-state index in [1.54, 1.807) is 34.1 Å². The van der Waals surface area contributed by atoms with Gasteiger partial charge in [0.25, 0.3) is 0 Å². The van der Waals surface area contributed by atoms with Crippen LogP contribution in [0.15, 0.2) is 42.5 Å². The molecule has 3 heterocycles. The topological polar surface area (TPSA) is 88.2 Å². The number of carbonyl (C=O) groups excluding carboxylic acids is 3. The van der Waals surface area contributed by atoms with Crippen LogP contribution in [0.1, 0.15) is 19.3 Å². The van der Waals surface area contributed by atoms with E-state index < -0.39 is 5.92 Å². The van der Waals surface area contributed by atoms with Gasteiger partial charge >= 0.3 is 0 Å². The molecule has 2 aromatic rings. The van der Waals surface area contributed by atoms with E-state index in [0.717, 1.165) is 18.7 Å². The number of amides is 3. The molecule has 0 radical (unpaired) electrons. The molecule has 5 rings (SSSR count). The largest absolute Gasteiger partial charge is 0.486 e. The molecule has 0 unspecified atom stereocenters. The normalized spacial score (nSPS) is 20.3. The highest BCUT2D eigenvalue weighted by atomic mass is 16.6. The van der Waals surface area contributed by atoms with Gasteiger partial charge in [-0.2, -0.15) is 0 Å². The molecule has 31 heavy (non-hydrogen) atoms. The molecule has 0 bridgehead atoms. The summed E-state index contributed by atoms with van der Waals surface area (Å²) >= 11 is 0. The number of ether oxygens (including phenoxy) is 2. The summed E-state index contributed by atoms with van der Waals surface area (Å²) in [5.74, 6) is 0.662. The highest BCUT2D eigenvalue weighted by Gasteiger charge is 2.35. The first-order chi connectivity index (χ1) is 15.1. The van der Waals surface area contributed by atoms with Gasteiger partial charge in [0, 0.05) is 49.1 Å². The van der Waals surface area contributed by atoms with Crippen molar-refractivity contribution in [3.05, 3.63) is 42.5 Å². The van der Waals surface area contributed by atoms with Gasteiger partial charge in [-0.25, -0.2) is 0 Å². The Kier molecular flexibility index (Phi) is 4.97. The monoisotopic (exact) mass is 421 g/mol. The number of anilines is 3. The summed E-state index contributed by atoms with van der Waals surface area (Å²) in [6, 6.07) is 12.6. The van der Waals surface area contributed by atoms with Crippen molar-refractivity contribution in [3.8, 4) is 11.5 Å². The molecule has 3 aliphatic heterocycles. The number of benzene rings is 2. The number of carbonyl (C=O) groups is 3.